The standard InChI is InChI=1S/C25H29N5/c1-25(2)15-18(16-25)17-30-14-13-28-24(26)23(30)22(27-3)19-9-11-21(12-10-19)29-20-7-5-4-6-8-20/h4-14,18,29H,3,15-17H2,1-2H3,(H2,26,28)/b23-22-. The fraction of sp³-hybridized carbons (Fsp3) is 0.280. The van der Waals surface area contributed by atoms with Gasteiger partial charge in [0.15, 0.2) is 0 Å². The quantitative estimate of drug-likeness (QED) is 0.641. The highest BCUT2D eigenvalue weighted by molar-refractivity contribution is 6.04. The minimum atomic E-state index is 0.439. The Morgan fingerprint density at radius 1 is 1.13 bits per heavy atom. The number of nitrogens with zero attached hydrogens (tertiary/aromatic N) is 3. The lowest BCUT2D eigenvalue weighted by molar-refractivity contribution is 0.0807. The van der Waals surface area contributed by atoms with E-state index in [2.05, 4.69) is 40.8 Å². The summed E-state index contributed by atoms with van der Waals surface area (Å²) in [6.45, 7) is 9.38. The Morgan fingerprint density at radius 2 is 1.80 bits per heavy atom. The van der Waals surface area contributed by atoms with E-state index in [-0.39, 0.29) is 0 Å². The van der Waals surface area contributed by atoms with Crippen molar-refractivity contribution in [2.45, 2.75) is 26.7 Å². The Morgan fingerprint density at radius 3 is 2.43 bits per heavy atom. The summed E-state index contributed by atoms with van der Waals surface area (Å²) in [5, 5.41) is 3.40. The summed E-state index contributed by atoms with van der Waals surface area (Å²) in [5.41, 5.74) is 11.4. The lowest BCUT2D eigenvalue weighted by Crippen LogP contribution is -2.41. The Balaban J connectivity index is 1.58. The highest BCUT2D eigenvalue weighted by Crippen LogP contribution is 2.45. The van der Waals surface area contributed by atoms with Gasteiger partial charge in [0.05, 0.1) is 5.70 Å². The third kappa shape index (κ3) is 4.30. The Kier molecular flexibility index (Phi) is 5.44. The molecular formula is C25H29N5. The summed E-state index contributed by atoms with van der Waals surface area (Å²) < 4.78 is 0. The number of rotatable bonds is 6. The molecule has 0 unspecified atom stereocenters. The maximum atomic E-state index is 6.30. The molecule has 1 heterocycles. The maximum Gasteiger partial charge on any atom is 0.149 e. The number of benzene rings is 2. The number of amidine groups is 1. The first-order valence-corrected chi connectivity index (χ1v) is 10.4. The average molecular weight is 400 g/mol. The minimum absolute atomic E-state index is 0.439. The Bertz CT molecular complexity index is 992. The number of nitrogens with two attached hydrogens (primary N) is 1. The molecule has 2 aromatic carbocycles. The van der Waals surface area contributed by atoms with Crippen molar-refractivity contribution in [1.29, 1.82) is 0 Å². The number of hydrogen-bond acceptors (Lipinski definition) is 5. The van der Waals surface area contributed by atoms with E-state index in [1.807, 2.05) is 60.8 Å². The van der Waals surface area contributed by atoms with Crippen LogP contribution in [0, 0.1) is 11.3 Å². The molecule has 1 aliphatic heterocycles. The van der Waals surface area contributed by atoms with E-state index in [9.17, 15) is 0 Å². The molecule has 2 aromatic rings. The van der Waals surface area contributed by atoms with E-state index in [0.717, 1.165) is 34.9 Å². The smallest absolute Gasteiger partial charge is 0.149 e. The molecule has 3 N–H and O–H groups in total. The predicted octanol–water partition coefficient (Wildman–Crippen LogP) is 5.38. The van der Waals surface area contributed by atoms with Crippen molar-refractivity contribution in [2.75, 3.05) is 11.9 Å². The molecule has 1 saturated carbocycles. The molecule has 0 spiro atoms. The first kappa shape index (κ1) is 20.0. The van der Waals surface area contributed by atoms with Crippen LogP contribution in [0.25, 0.3) is 5.70 Å². The summed E-state index contributed by atoms with van der Waals surface area (Å²) in [6, 6.07) is 18.3. The van der Waals surface area contributed by atoms with Gasteiger partial charge in [-0.25, -0.2) is 4.99 Å². The molecule has 5 nitrogen and oxygen atoms in total. The number of hydrogen-bond donors (Lipinski definition) is 2. The van der Waals surface area contributed by atoms with E-state index >= 15 is 0 Å². The predicted molar refractivity (Wildman–Crippen MR) is 127 cm³/mol. The number of aliphatic imine (C=N–C) groups is 2. The average Bonchev–Trinajstić information content (AvgIpc) is 2.71. The van der Waals surface area contributed by atoms with Crippen molar-refractivity contribution < 1.29 is 0 Å². The Labute approximate surface area is 178 Å². The normalized spacial score (nSPS) is 19.7. The van der Waals surface area contributed by atoms with Gasteiger partial charge in [0.2, 0.25) is 0 Å². The molecule has 0 aromatic heterocycles. The molecule has 154 valence electrons. The lowest BCUT2D eigenvalue weighted by atomic mass is 9.64. The van der Waals surface area contributed by atoms with Crippen LogP contribution in [0.3, 0.4) is 0 Å². The molecule has 4 rings (SSSR count). The van der Waals surface area contributed by atoms with Gasteiger partial charge >= 0.3 is 0 Å². The van der Waals surface area contributed by atoms with Crippen LogP contribution >= 0.6 is 0 Å². The van der Waals surface area contributed by atoms with Crippen molar-refractivity contribution in [3.8, 4) is 0 Å². The molecule has 0 saturated heterocycles. The van der Waals surface area contributed by atoms with Crippen molar-refractivity contribution in [2.24, 2.45) is 27.1 Å². The first-order valence-electron chi connectivity index (χ1n) is 10.4. The van der Waals surface area contributed by atoms with E-state index in [1.54, 1.807) is 6.20 Å². The summed E-state index contributed by atoms with van der Waals surface area (Å²) in [6.07, 6.45) is 6.19. The van der Waals surface area contributed by atoms with Gasteiger partial charge < -0.3 is 16.0 Å². The van der Waals surface area contributed by atoms with E-state index in [1.165, 1.54) is 12.8 Å². The van der Waals surface area contributed by atoms with Crippen LogP contribution < -0.4 is 11.1 Å². The molecule has 2 aliphatic rings. The first-order chi connectivity index (χ1) is 14.4. The second kappa shape index (κ2) is 8.19. The number of para-hydroxylation sites is 1. The zero-order valence-corrected chi connectivity index (χ0v) is 17.7. The molecule has 0 atom stereocenters. The van der Waals surface area contributed by atoms with Gasteiger partial charge in [0.25, 0.3) is 0 Å². The third-order valence-electron chi connectivity index (χ3n) is 5.73. The topological polar surface area (TPSA) is 66.0 Å². The molecule has 0 radical (unpaired) electrons. The van der Waals surface area contributed by atoms with E-state index in [0.29, 0.717) is 17.2 Å². The van der Waals surface area contributed by atoms with Gasteiger partial charge in [0, 0.05) is 35.9 Å². The van der Waals surface area contributed by atoms with Crippen LogP contribution in [-0.4, -0.2) is 24.0 Å². The number of anilines is 2. The van der Waals surface area contributed by atoms with Gasteiger partial charge in [-0.05, 0) is 55.2 Å². The highest BCUT2D eigenvalue weighted by Gasteiger charge is 2.37. The SMILES string of the molecule is C=N/C(=C1/C(N)=NC=CN1CC1CC(C)(C)C1)c1ccc(Nc2ccccc2)cc1. The second-order valence-corrected chi connectivity index (χ2v) is 8.83. The van der Waals surface area contributed by atoms with Gasteiger partial charge in [-0.1, -0.05) is 44.2 Å². The van der Waals surface area contributed by atoms with Crippen molar-refractivity contribution >= 4 is 29.6 Å². The fourth-order valence-electron chi connectivity index (χ4n) is 4.50. The van der Waals surface area contributed by atoms with Gasteiger partial charge in [-0.3, -0.25) is 4.99 Å². The maximum absolute atomic E-state index is 6.30. The van der Waals surface area contributed by atoms with Crippen molar-refractivity contribution in [1.82, 2.24) is 4.90 Å². The van der Waals surface area contributed by atoms with Crippen LogP contribution in [0.2, 0.25) is 0 Å². The van der Waals surface area contributed by atoms with Gasteiger partial charge in [0.1, 0.15) is 11.5 Å². The summed E-state index contributed by atoms with van der Waals surface area (Å²) in [4.78, 5) is 10.9. The summed E-state index contributed by atoms with van der Waals surface area (Å²) in [5.74, 6) is 1.12. The number of nitrogens with one attached hydrogen (secondary N) is 1. The zero-order valence-electron chi connectivity index (χ0n) is 17.7. The zero-order chi connectivity index (χ0) is 21.1. The van der Waals surface area contributed by atoms with Crippen molar-refractivity contribution in [3.63, 3.8) is 0 Å². The molecule has 1 fully saturated rings. The largest absolute Gasteiger partial charge is 0.382 e. The molecule has 1 aliphatic carbocycles. The third-order valence-corrected chi connectivity index (χ3v) is 5.73. The van der Waals surface area contributed by atoms with Crippen LogP contribution in [0.15, 0.2) is 82.7 Å². The van der Waals surface area contributed by atoms with Crippen LogP contribution in [0.4, 0.5) is 11.4 Å². The fourth-order valence-corrected chi connectivity index (χ4v) is 4.50. The van der Waals surface area contributed by atoms with Gasteiger partial charge in [-0.15, -0.1) is 0 Å². The van der Waals surface area contributed by atoms with Gasteiger partial charge in [-0.2, -0.15) is 0 Å². The Hall–Kier alpha value is -3.34. The molecular weight excluding hydrogens is 370 g/mol. The molecule has 0 amide bonds. The van der Waals surface area contributed by atoms with E-state index in [4.69, 9.17) is 5.73 Å². The monoisotopic (exact) mass is 399 g/mol. The van der Waals surface area contributed by atoms with Crippen LogP contribution in [0.1, 0.15) is 32.3 Å². The highest BCUT2D eigenvalue weighted by atomic mass is 15.2. The summed E-state index contributed by atoms with van der Waals surface area (Å²) in [7, 11) is 0. The summed E-state index contributed by atoms with van der Waals surface area (Å²) >= 11 is 0. The molecule has 0 bridgehead atoms. The van der Waals surface area contributed by atoms with Crippen LogP contribution in [-0.2, 0) is 0 Å². The molecule has 30 heavy (non-hydrogen) atoms. The van der Waals surface area contributed by atoms with E-state index < -0.39 is 0 Å². The van der Waals surface area contributed by atoms with Crippen molar-refractivity contribution in [3.05, 3.63) is 78.3 Å². The van der Waals surface area contributed by atoms with Crippen LogP contribution in [0.5, 0.6) is 0 Å². The second-order valence-electron chi connectivity index (χ2n) is 8.83. The lowest BCUT2D eigenvalue weighted by Gasteiger charge is -2.45. The molecule has 5 heteroatoms. The minimum Gasteiger partial charge on any atom is -0.382 e.